The molecule has 1 aliphatic rings. The molecule has 0 spiro atoms. The Bertz CT molecular complexity index is 588. The van der Waals surface area contributed by atoms with Gasteiger partial charge in [0.05, 0.1) is 6.61 Å². The Labute approximate surface area is 152 Å². The van der Waals surface area contributed by atoms with Crippen LogP contribution in [-0.4, -0.2) is 25.2 Å². The Kier molecular flexibility index (Phi) is 6.50. The van der Waals surface area contributed by atoms with Crippen molar-refractivity contribution < 1.29 is 14.3 Å². The summed E-state index contributed by atoms with van der Waals surface area (Å²) in [4.78, 5) is 12.9. The molecule has 2 atom stereocenters. The molecule has 140 valence electrons. The molecule has 2 rings (SSSR count). The highest BCUT2D eigenvalue weighted by Gasteiger charge is 2.42. The van der Waals surface area contributed by atoms with E-state index in [1.54, 1.807) is 7.11 Å². The van der Waals surface area contributed by atoms with Crippen molar-refractivity contribution in [1.82, 2.24) is 0 Å². The molecule has 0 radical (unpaired) electrons. The third-order valence-corrected chi connectivity index (χ3v) is 5.04. The van der Waals surface area contributed by atoms with Gasteiger partial charge in [0.2, 0.25) is 0 Å². The van der Waals surface area contributed by atoms with E-state index in [9.17, 15) is 4.79 Å². The maximum Gasteiger partial charge on any atom is 0.256 e. The third kappa shape index (κ3) is 4.75. The van der Waals surface area contributed by atoms with Gasteiger partial charge in [-0.15, -0.1) is 0 Å². The van der Waals surface area contributed by atoms with Gasteiger partial charge < -0.3 is 14.8 Å². The molecule has 1 fully saturated rings. The summed E-state index contributed by atoms with van der Waals surface area (Å²) in [5.41, 5.74) is 2.19. The SMILES string of the molecule is CO[C@@]1(C(=O)Nc2cc(C)c(OCC(C)C)c(C)c2)CCC[C@H](C)C1. The van der Waals surface area contributed by atoms with Gasteiger partial charge in [-0.25, -0.2) is 0 Å². The van der Waals surface area contributed by atoms with E-state index in [1.807, 2.05) is 26.0 Å². The zero-order chi connectivity index (χ0) is 18.6. The molecule has 1 amide bonds. The van der Waals surface area contributed by atoms with Crippen molar-refractivity contribution in [3.8, 4) is 5.75 Å². The van der Waals surface area contributed by atoms with E-state index in [0.717, 1.165) is 41.8 Å². The van der Waals surface area contributed by atoms with Crippen molar-refractivity contribution in [3.63, 3.8) is 0 Å². The first kappa shape index (κ1) is 19.8. The lowest BCUT2D eigenvalue weighted by Crippen LogP contribution is -2.47. The Balaban J connectivity index is 2.15. The van der Waals surface area contributed by atoms with Crippen LogP contribution in [0.1, 0.15) is 57.6 Å². The highest BCUT2D eigenvalue weighted by molar-refractivity contribution is 5.97. The summed E-state index contributed by atoms with van der Waals surface area (Å²) in [5, 5.41) is 3.08. The van der Waals surface area contributed by atoms with Gasteiger partial charge in [0.15, 0.2) is 0 Å². The minimum absolute atomic E-state index is 0.0313. The third-order valence-electron chi connectivity index (χ3n) is 5.04. The van der Waals surface area contributed by atoms with E-state index in [1.165, 1.54) is 6.42 Å². The van der Waals surface area contributed by atoms with Gasteiger partial charge in [-0.3, -0.25) is 4.79 Å². The molecule has 1 aliphatic carbocycles. The lowest BCUT2D eigenvalue weighted by molar-refractivity contribution is -0.143. The summed E-state index contributed by atoms with van der Waals surface area (Å²) in [7, 11) is 1.65. The van der Waals surface area contributed by atoms with Gasteiger partial charge in [-0.1, -0.05) is 27.2 Å². The molecular weight excluding hydrogens is 314 g/mol. The summed E-state index contributed by atoms with van der Waals surface area (Å²) in [6.45, 7) is 11.2. The topological polar surface area (TPSA) is 47.6 Å². The zero-order valence-electron chi connectivity index (χ0n) is 16.6. The van der Waals surface area contributed by atoms with Crippen LogP contribution < -0.4 is 10.1 Å². The molecule has 0 bridgehead atoms. The van der Waals surface area contributed by atoms with Crippen LogP contribution in [-0.2, 0) is 9.53 Å². The molecule has 0 saturated heterocycles. The predicted molar refractivity (Wildman–Crippen MR) is 102 cm³/mol. The van der Waals surface area contributed by atoms with E-state index in [-0.39, 0.29) is 5.91 Å². The molecule has 1 aromatic carbocycles. The fraction of sp³-hybridized carbons (Fsp3) is 0.667. The van der Waals surface area contributed by atoms with Crippen LogP contribution >= 0.6 is 0 Å². The van der Waals surface area contributed by atoms with Crippen LogP contribution in [0.25, 0.3) is 0 Å². The van der Waals surface area contributed by atoms with E-state index >= 15 is 0 Å². The van der Waals surface area contributed by atoms with Crippen molar-refractivity contribution >= 4 is 11.6 Å². The van der Waals surface area contributed by atoms with Crippen molar-refractivity contribution in [2.45, 2.75) is 65.9 Å². The second-order valence-electron chi connectivity index (χ2n) is 8.00. The van der Waals surface area contributed by atoms with Crippen molar-refractivity contribution in [2.24, 2.45) is 11.8 Å². The second kappa shape index (κ2) is 8.22. The number of carbonyl (C=O) groups is 1. The largest absolute Gasteiger partial charge is 0.493 e. The number of hydrogen-bond donors (Lipinski definition) is 1. The number of anilines is 1. The number of methoxy groups -OCH3 is 1. The van der Waals surface area contributed by atoms with Crippen LogP contribution in [0.3, 0.4) is 0 Å². The Morgan fingerprint density at radius 3 is 2.48 bits per heavy atom. The molecule has 4 nitrogen and oxygen atoms in total. The zero-order valence-corrected chi connectivity index (χ0v) is 16.6. The van der Waals surface area contributed by atoms with Crippen LogP contribution in [0.2, 0.25) is 0 Å². The number of ether oxygens (including phenoxy) is 2. The molecule has 0 heterocycles. The highest BCUT2D eigenvalue weighted by atomic mass is 16.5. The molecular formula is C21H33NO3. The number of amides is 1. The van der Waals surface area contributed by atoms with E-state index in [2.05, 4.69) is 26.1 Å². The summed E-state index contributed by atoms with van der Waals surface area (Å²) < 4.78 is 11.6. The summed E-state index contributed by atoms with van der Waals surface area (Å²) in [5.74, 6) is 1.87. The molecule has 0 aliphatic heterocycles. The molecule has 1 saturated carbocycles. The van der Waals surface area contributed by atoms with Crippen molar-refractivity contribution in [3.05, 3.63) is 23.3 Å². The van der Waals surface area contributed by atoms with Gasteiger partial charge in [0.1, 0.15) is 11.4 Å². The van der Waals surface area contributed by atoms with Crippen molar-refractivity contribution in [2.75, 3.05) is 19.0 Å². The average Bonchev–Trinajstić information content (AvgIpc) is 2.53. The first-order valence-electron chi connectivity index (χ1n) is 9.38. The minimum Gasteiger partial charge on any atom is -0.493 e. The van der Waals surface area contributed by atoms with Crippen LogP contribution in [0.15, 0.2) is 12.1 Å². The second-order valence-corrected chi connectivity index (χ2v) is 8.00. The fourth-order valence-corrected chi connectivity index (χ4v) is 3.73. The van der Waals surface area contributed by atoms with Crippen LogP contribution in [0, 0.1) is 25.7 Å². The maximum absolute atomic E-state index is 12.9. The van der Waals surface area contributed by atoms with Gasteiger partial charge in [-0.2, -0.15) is 0 Å². The summed E-state index contributed by atoms with van der Waals surface area (Å²) >= 11 is 0. The van der Waals surface area contributed by atoms with Gasteiger partial charge in [0.25, 0.3) is 5.91 Å². The number of carbonyl (C=O) groups excluding carboxylic acids is 1. The Morgan fingerprint density at radius 1 is 1.32 bits per heavy atom. The average molecular weight is 347 g/mol. The van der Waals surface area contributed by atoms with Gasteiger partial charge in [-0.05, 0) is 68.2 Å². The summed E-state index contributed by atoms with van der Waals surface area (Å²) in [6, 6.07) is 3.96. The predicted octanol–water partition coefficient (Wildman–Crippen LogP) is 4.87. The van der Waals surface area contributed by atoms with E-state index in [4.69, 9.17) is 9.47 Å². The Hall–Kier alpha value is -1.55. The smallest absolute Gasteiger partial charge is 0.256 e. The molecule has 1 N–H and O–H groups in total. The first-order chi connectivity index (χ1) is 11.8. The number of hydrogen-bond acceptors (Lipinski definition) is 3. The Morgan fingerprint density at radius 2 is 1.96 bits per heavy atom. The summed E-state index contributed by atoms with van der Waals surface area (Å²) in [6.07, 6.45) is 3.76. The molecule has 4 heteroatoms. The van der Waals surface area contributed by atoms with Crippen LogP contribution in [0.5, 0.6) is 5.75 Å². The number of rotatable bonds is 6. The lowest BCUT2D eigenvalue weighted by Gasteiger charge is -2.37. The van der Waals surface area contributed by atoms with Gasteiger partial charge in [0, 0.05) is 12.8 Å². The molecule has 25 heavy (non-hydrogen) atoms. The molecule has 0 unspecified atom stereocenters. The number of aryl methyl sites for hydroxylation is 2. The minimum atomic E-state index is -0.702. The first-order valence-corrected chi connectivity index (χ1v) is 9.38. The standard InChI is InChI=1S/C21H33NO3/c1-14(2)13-25-19-16(4)10-18(11-17(19)5)22-20(23)21(24-6)9-7-8-15(3)12-21/h10-11,14-15H,7-9,12-13H2,1-6H3,(H,22,23)/t15-,21-/m0/s1. The lowest BCUT2D eigenvalue weighted by atomic mass is 9.78. The normalized spacial score (nSPS) is 23.6. The van der Waals surface area contributed by atoms with Crippen LogP contribution in [0.4, 0.5) is 5.69 Å². The molecule has 1 aromatic rings. The molecule has 0 aromatic heterocycles. The number of benzene rings is 1. The quantitative estimate of drug-likeness (QED) is 0.798. The highest BCUT2D eigenvalue weighted by Crippen LogP contribution is 2.36. The monoisotopic (exact) mass is 347 g/mol. The van der Waals surface area contributed by atoms with Crippen molar-refractivity contribution in [1.29, 1.82) is 0 Å². The van der Waals surface area contributed by atoms with E-state index < -0.39 is 5.60 Å². The maximum atomic E-state index is 12.9. The fourth-order valence-electron chi connectivity index (χ4n) is 3.73. The van der Waals surface area contributed by atoms with Gasteiger partial charge >= 0.3 is 0 Å². The number of nitrogens with one attached hydrogen (secondary N) is 1. The van der Waals surface area contributed by atoms with E-state index in [0.29, 0.717) is 18.4 Å².